The molecule has 0 aliphatic heterocycles. The summed E-state index contributed by atoms with van der Waals surface area (Å²) in [4.78, 5) is 0. The fourth-order valence-corrected chi connectivity index (χ4v) is 1.14. The Hall–Kier alpha value is -0.160. The van der Waals surface area contributed by atoms with Crippen molar-refractivity contribution in [2.45, 2.75) is 107 Å². The van der Waals surface area contributed by atoms with Crippen LogP contribution in [0.2, 0.25) is 0 Å². The van der Waals surface area contributed by atoms with Gasteiger partial charge in [-0.1, -0.05) is 54.9 Å². The van der Waals surface area contributed by atoms with Gasteiger partial charge in [0.1, 0.15) is 0 Å². The van der Waals surface area contributed by atoms with E-state index in [1.54, 1.807) is 14.2 Å². The number of hydrogen-bond acceptors (Lipinski definition) is 4. The van der Waals surface area contributed by atoms with Crippen molar-refractivity contribution < 1.29 is 18.9 Å². The van der Waals surface area contributed by atoms with Gasteiger partial charge in [0.25, 0.3) is 0 Å². The van der Waals surface area contributed by atoms with Crippen molar-refractivity contribution in [3.63, 3.8) is 0 Å². The summed E-state index contributed by atoms with van der Waals surface area (Å²) in [6.45, 7) is 25.5. The Bertz CT molecular complexity index is 165. The maximum Gasteiger partial charge on any atom is 0.0518 e. The highest BCUT2D eigenvalue weighted by Gasteiger charge is 1.87. The quantitative estimate of drug-likeness (QED) is 0.333. The zero-order chi connectivity index (χ0) is 23.1. The number of hydrogen-bond donors (Lipinski definition) is 0. The van der Waals surface area contributed by atoms with Crippen LogP contribution in [0.4, 0.5) is 0 Å². The van der Waals surface area contributed by atoms with E-state index < -0.39 is 0 Å². The van der Waals surface area contributed by atoms with Crippen molar-refractivity contribution >= 4 is 0 Å². The summed E-state index contributed by atoms with van der Waals surface area (Å²) in [6.07, 6.45) is 6.20. The Morgan fingerprint density at radius 2 is 1.00 bits per heavy atom. The van der Waals surface area contributed by atoms with E-state index in [-0.39, 0.29) is 0 Å². The summed E-state index contributed by atoms with van der Waals surface area (Å²) < 4.78 is 19.6. The van der Waals surface area contributed by atoms with Crippen LogP contribution in [0.25, 0.3) is 0 Å². The van der Waals surface area contributed by atoms with Gasteiger partial charge in [-0.25, -0.2) is 0 Å². The second-order valence-corrected chi connectivity index (χ2v) is 7.19. The Kier molecular flexibility index (Phi) is 62.5. The lowest BCUT2D eigenvalue weighted by molar-refractivity contribution is 0.0794. The molecule has 0 heterocycles. The van der Waals surface area contributed by atoms with Gasteiger partial charge in [0.2, 0.25) is 0 Å². The Labute approximate surface area is 180 Å². The van der Waals surface area contributed by atoms with Crippen molar-refractivity contribution in [3.05, 3.63) is 0 Å². The Balaban J connectivity index is -0.0000000797. The third-order valence-electron chi connectivity index (χ3n) is 2.32. The summed E-state index contributed by atoms with van der Waals surface area (Å²) in [5.74, 6) is 0.833. The lowest BCUT2D eigenvalue weighted by Crippen LogP contribution is -2.01. The first kappa shape index (κ1) is 38.4. The molecule has 4 nitrogen and oxygen atoms in total. The van der Waals surface area contributed by atoms with E-state index in [4.69, 9.17) is 18.9 Å². The molecule has 0 atom stereocenters. The summed E-state index contributed by atoms with van der Waals surface area (Å²) in [5, 5.41) is 0. The minimum atomic E-state index is 0.403. The van der Waals surface area contributed by atoms with Gasteiger partial charge in [-0.15, -0.1) is 0 Å². The molecule has 0 aromatic rings. The maximum absolute atomic E-state index is 5.19. The largest absolute Gasteiger partial charge is 0.385 e. The highest BCUT2D eigenvalue weighted by molar-refractivity contribution is 4.33. The van der Waals surface area contributed by atoms with E-state index in [1.165, 1.54) is 12.8 Å². The van der Waals surface area contributed by atoms with E-state index in [0.29, 0.717) is 6.10 Å². The SMILES string of the molecule is CC(C)C.CCCCOC.CCCOC.CCCOC(C)C.CCCOCC. The Morgan fingerprint density at radius 1 is 0.571 bits per heavy atom. The van der Waals surface area contributed by atoms with E-state index in [2.05, 4.69) is 62.3 Å². The predicted molar refractivity (Wildman–Crippen MR) is 128 cm³/mol. The molecule has 0 aliphatic carbocycles. The highest BCUT2D eigenvalue weighted by Crippen LogP contribution is 1.87. The van der Waals surface area contributed by atoms with Gasteiger partial charge in [-0.2, -0.15) is 0 Å². The van der Waals surface area contributed by atoms with E-state index in [0.717, 1.165) is 58.2 Å². The summed E-state index contributed by atoms with van der Waals surface area (Å²) in [7, 11) is 3.44. The molecule has 0 fully saturated rings. The van der Waals surface area contributed by atoms with Crippen LogP contribution in [-0.2, 0) is 18.9 Å². The summed E-state index contributed by atoms with van der Waals surface area (Å²) in [5.41, 5.74) is 0. The molecule has 178 valence electrons. The minimum Gasteiger partial charge on any atom is -0.385 e. The molecular weight excluding hydrogens is 352 g/mol. The fraction of sp³-hybridized carbons (Fsp3) is 1.00. The third kappa shape index (κ3) is 114. The molecule has 28 heavy (non-hydrogen) atoms. The van der Waals surface area contributed by atoms with E-state index >= 15 is 0 Å². The zero-order valence-electron chi connectivity index (χ0n) is 21.9. The fourth-order valence-electron chi connectivity index (χ4n) is 1.14. The van der Waals surface area contributed by atoms with Crippen LogP contribution in [0.3, 0.4) is 0 Å². The second kappa shape index (κ2) is 45.5. The number of unbranched alkanes of at least 4 members (excludes halogenated alkanes) is 1. The average molecular weight is 411 g/mol. The van der Waals surface area contributed by atoms with Gasteiger partial charge in [-0.05, 0) is 52.4 Å². The van der Waals surface area contributed by atoms with Crippen molar-refractivity contribution in [1.29, 1.82) is 0 Å². The Morgan fingerprint density at radius 3 is 1.11 bits per heavy atom. The van der Waals surface area contributed by atoms with Crippen molar-refractivity contribution in [1.82, 2.24) is 0 Å². The van der Waals surface area contributed by atoms with Crippen LogP contribution in [-0.4, -0.2) is 53.4 Å². The molecular formula is C24H58O4. The lowest BCUT2D eigenvalue weighted by atomic mass is 10.3. The smallest absolute Gasteiger partial charge is 0.0518 e. The molecule has 0 unspecified atom stereocenters. The molecule has 0 radical (unpaired) electrons. The van der Waals surface area contributed by atoms with Gasteiger partial charge in [0, 0.05) is 47.3 Å². The van der Waals surface area contributed by atoms with Crippen LogP contribution in [0.15, 0.2) is 0 Å². The maximum atomic E-state index is 5.19. The average Bonchev–Trinajstić information content (AvgIpc) is 2.64. The van der Waals surface area contributed by atoms with Gasteiger partial charge in [-0.3, -0.25) is 0 Å². The predicted octanol–water partition coefficient (Wildman–Crippen LogP) is 7.39. The third-order valence-corrected chi connectivity index (χ3v) is 2.32. The molecule has 0 amide bonds. The minimum absolute atomic E-state index is 0.403. The van der Waals surface area contributed by atoms with Crippen LogP contribution in [0, 0.1) is 5.92 Å². The molecule has 4 heteroatoms. The molecule has 0 aliphatic rings. The van der Waals surface area contributed by atoms with Crippen LogP contribution < -0.4 is 0 Å². The van der Waals surface area contributed by atoms with Gasteiger partial charge in [0.05, 0.1) is 6.10 Å². The first-order chi connectivity index (χ1) is 13.2. The molecule has 0 aromatic carbocycles. The molecule has 0 aromatic heterocycles. The first-order valence-corrected chi connectivity index (χ1v) is 11.4. The molecule has 0 saturated heterocycles. The van der Waals surface area contributed by atoms with Gasteiger partial charge < -0.3 is 18.9 Å². The highest BCUT2D eigenvalue weighted by atomic mass is 16.5. The van der Waals surface area contributed by atoms with Crippen molar-refractivity contribution in [2.75, 3.05) is 47.3 Å². The van der Waals surface area contributed by atoms with Gasteiger partial charge in [0.15, 0.2) is 0 Å². The number of ether oxygens (including phenoxy) is 4. The van der Waals surface area contributed by atoms with E-state index in [9.17, 15) is 0 Å². The summed E-state index contributed by atoms with van der Waals surface area (Å²) >= 11 is 0. The molecule has 0 bridgehead atoms. The van der Waals surface area contributed by atoms with Crippen molar-refractivity contribution in [3.8, 4) is 0 Å². The monoisotopic (exact) mass is 410 g/mol. The zero-order valence-corrected chi connectivity index (χ0v) is 21.9. The van der Waals surface area contributed by atoms with Gasteiger partial charge >= 0.3 is 0 Å². The molecule has 0 N–H and O–H groups in total. The standard InChI is InChI=1S/C6H14O.2C5H12O.C4H10O.C4H10/c1-4-5-7-6(2)3;1-3-4-5-6-2;1-3-5-6-4-2;1-3-4-5-2;1-4(2)3/h6H,4-5H2,1-3H3;2*3-5H2,1-2H3;3-4H2,1-2H3;4H,1-3H3. The van der Waals surface area contributed by atoms with E-state index in [1.807, 2.05) is 6.92 Å². The number of methoxy groups -OCH3 is 2. The van der Waals surface area contributed by atoms with Crippen LogP contribution >= 0.6 is 0 Å². The lowest BCUT2D eigenvalue weighted by Gasteiger charge is -2.03. The molecule has 0 saturated carbocycles. The molecule has 0 rings (SSSR count). The number of rotatable bonds is 11. The van der Waals surface area contributed by atoms with Crippen LogP contribution in [0.5, 0.6) is 0 Å². The molecule has 0 spiro atoms. The van der Waals surface area contributed by atoms with Crippen LogP contribution in [0.1, 0.15) is 101 Å². The second-order valence-electron chi connectivity index (χ2n) is 7.19. The van der Waals surface area contributed by atoms with Crippen molar-refractivity contribution in [2.24, 2.45) is 5.92 Å². The first-order valence-electron chi connectivity index (χ1n) is 11.4. The topological polar surface area (TPSA) is 36.9 Å². The summed E-state index contributed by atoms with van der Waals surface area (Å²) in [6, 6.07) is 0. The normalized spacial score (nSPS) is 9.21.